The summed E-state index contributed by atoms with van der Waals surface area (Å²) in [6.45, 7) is 4.49. The highest BCUT2D eigenvalue weighted by molar-refractivity contribution is 9.11. The van der Waals surface area contributed by atoms with Gasteiger partial charge in [0.25, 0.3) is 0 Å². The standard InChI is InChI=1S/C12H17BrN6OS/c1-7(2)20-12-16-10(18-14)15-11(17-12)19(3)5-8-4-9(13)21-6-8/h4,6-7H,5,14H2,1-3H3,(H,15,16,17,18). The summed E-state index contributed by atoms with van der Waals surface area (Å²) >= 11 is 5.09. The Kier molecular flexibility index (Phi) is 5.32. The fourth-order valence-corrected chi connectivity index (χ4v) is 2.82. The van der Waals surface area contributed by atoms with Gasteiger partial charge in [0, 0.05) is 13.6 Å². The van der Waals surface area contributed by atoms with Crippen molar-refractivity contribution in [3.63, 3.8) is 0 Å². The van der Waals surface area contributed by atoms with Crippen LogP contribution in [-0.4, -0.2) is 28.1 Å². The van der Waals surface area contributed by atoms with E-state index in [1.165, 1.54) is 5.56 Å². The number of halogens is 1. The molecule has 21 heavy (non-hydrogen) atoms. The van der Waals surface area contributed by atoms with Crippen LogP contribution in [0.5, 0.6) is 6.01 Å². The molecular weight excluding hydrogens is 356 g/mol. The maximum absolute atomic E-state index is 5.51. The lowest BCUT2D eigenvalue weighted by molar-refractivity contribution is 0.222. The number of nitrogens with one attached hydrogen (secondary N) is 1. The molecule has 0 spiro atoms. The largest absolute Gasteiger partial charge is 0.461 e. The van der Waals surface area contributed by atoms with E-state index in [0.29, 0.717) is 12.5 Å². The molecule has 0 aliphatic carbocycles. The number of nitrogen functional groups attached to an aromatic ring is 1. The van der Waals surface area contributed by atoms with Gasteiger partial charge in [-0.15, -0.1) is 11.3 Å². The predicted molar refractivity (Wildman–Crippen MR) is 87.5 cm³/mol. The van der Waals surface area contributed by atoms with Crippen molar-refractivity contribution in [2.75, 3.05) is 17.4 Å². The Hall–Kier alpha value is -1.45. The van der Waals surface area contributed by atoms with Crippen molar-refractivity contribution < 1.29 is 4.74 Å². The monoisotopic (exact) mass is 372 g/mol. The van der Waals surface area contributed by atoms with E-state index in [2.05, 4.69) is 47.8 Å². The Bertz CT molecular complexity index is 605. The number of thiophene rings is 1. The van der Waals surface area contributed by atoms with Gasteiger partial charge in [-0.1, -0.05) is 0 Å². The molecule has 2 heterocycles. The molecule has 2 aromatic rings. The average molecular weight is 373 g/mol. The van der Waals surface area contributed by atoms with Crippen molar-refractivity contribution in [3.8, 4) is 6.01 Å². The molecule has 3 N–H and O–H groups in total. The van der Waals surface area contributed by atoms with Crippen molar-refractivity contribution in [3.05, 3.63) is 20.8 Å². The number of hydrogen-bond donors (Lipinski definition) is 2. The van der Waals surface area contributed by atoms with Crippen LogP contribution in [0.1, 0.15) is 19.4 Å². The number of hydrogen-bond acceptors (Lipinski definition) is 8. The van der Waals surface area contributed by atoms with Gasteiger partial charge < -0.3 is 9.64 Å². The lowest BCUT2D eigenvalue weighted by Gasteiger charge is -2.18. The highest BCUT2D eigenvalue weighted by Crippen LogP contribution is 2.23. The minimum absolute atomic E-state index is 0.0241. The molecule has 0 aliphatic heterocycles. The zero-order valence-corrected chi connectivity index (χ0v) is 14.4. The topological polar surface area (TPSA) is 89.2 Å². The molecule has 2 aromatic heterocycles. The van der Waals surface area contributed by atoms with Crippen molar-refractivity contribution in [1.29, 1.82) is 0 Å². The second-order valence-corrected chi connectivity index (χ2v) is 6.96. The Balaban J connectivity index is 2.20. The van der Waals surface area contributed by atoms with Crippen molar-refractivity contribution in [1.82, 2.24) is 15.0 Å². The van der Waals surface area contributed by atoms with E-state index in [4.69, 9.17) is 10.6 Å². The van der Waals surface area contributed by atoms with Crippen LogP contribution in [0.25, 0.3) is 0 Å². The number of hydrazine groups is 1. The number of ether oxygens (including phenoxy) is 1. The number of rotatable bonds is 6. The zero-order valence-electron chi connectivity index (χ0n) is 12.0. The molecule has 0 fully saturated rings. The number of nitrogens with two attached hydrogens (primary N) is 1. The summed E-state index contributed by atoms with van der Waals surface area (Å²) in [6, 6.07) is 2.32. The van der Waals surface area contributed by atoms with Crippen molar-refractivity contribution in [2.24, 2.45) is 5.84 Å². The third-order valence-electron chi connectivity index (χ3n) is 2.46. The molecular formula is C12H17BrN6OS. The van der Waals surface area contributed by atoms with Crippen LogP contribution >= 0.6 is 27.3 Å². The number of nitrogens with zero attached hydrogens (tertiary/aromatic N) is 4. The Labute approximate surface area is 135 Å². The average Bonchev–Trinajstić information content (AvgIpc) is 2.82. The normalized spacial score (nSPS) is 10.8. The van der Waals surface area contributed by atoms with Crippen LogP contribution in [0.4, 0.5) is 11.9 Å². The van der Waals surface area contributed by atoms with Crippen LogP contribution in [0.2, 0.25) is 0 Å². The molecule has 0 radical (unpaired) electrons. The molecule has 0 atom stereocenters. The van der Waals surface area contributed by atoms with Gasteiger partial charge in [-0.3, -0.25) is 5.43 Å². The molecule has 114 valence electrons. The molecule has 0 aromatic carbocycles. The number of aromatic nitrogens is 3. The minimum Gasteiger partial charge on any atom is -0.461 e. The Morgan fingerprint density at radius 1 is 1.43 bits per heavy atom. The Morgan fingerprint density at radius 3 is 2.76 bits per heavy atom. The summed E-state index contributed by atoms with van der Waals surface area (Å²) in [5.74, 6) is 6.16. The van der Waals surface area contributed by atoms with Crippen LogP contribution in [0.3, 0.4) is 0 Å². The maximum Gasteiger partial charge on any atom is 0.323 e. The lowest BCUT2D eigenvalue weighted by atomic mass is 10.3. The predicted octanol–water partition coefficient (Wildman–Crippen LogP) is 2.40. The maximum atomic E-state index is 5.51. The zero-order chi connectivity index (χ0) is 15.4. The van der Waals surface area contributed by atoms with Crippen LogP contribution in [0.15, 0.2) is 15.2 Å². The summed E-state index contributed by atoms with van der Waals surface area (Å²) < 4.78 is 6.60. The molecule has 0 bridgehead atoms. The molecule has 0 unspecified atom stereocenters. The van der Waals surface area contributed by atoms with Gasteiger partial charge in [0.05, 0.1) is 9.89 Å². The summed E-state index contributed by atoms with van der Waals surface area (Å²) in [7, 11) is 1.90. The van der Waals surface area contributed by atoms with Gasteiger partial charge in [0.1, 0.15) is 0 Å². The van der Waals surface area contributed by atoms with Crippen molar-refractivity contribution >= 4 is 39.2 Å². The van der Waals surface area contributed by atoms with Gasteiger partial charge >= 0.3 is 6.01 Å². The molecule has 9 heteroatoms. The first kappa shape index (κ1) is 15.9. The Morgan fingerprint density at radius 2 is 2.19 bits per heavy atom. The first-order valence-corrected chi connectivity index (χ1v) is 7.98. The first-order valence-electron chi connectivity index (χ1n) is 6.31. The molecule has 0 saturated heterocycles. The quantitative estimate of drug-likeness (QED) is 0.594. The highest BCUT2D eigenvalue weighted by atomic mass is 79.9. The van der Waals surface area contributed by atoms with Gasteiger partial charge in [-0.05, 0) is 46.8 Å². The van der Waals surface area contributed by atoms with Gasteiger partial charge in [-0.25, -0.2) is 5.84 Å². The van der Waals surface area contributed by atoms with Crippen LogP contribution in [0, 0.1) is 0 Å². The highest BCUT2D eigenvalue weighted by Gasteiger charge is 2.13. The second kappa shape index (κ2) is 7.01. The summed E-state index contributed by atoms with van der Waals surface area (Å²) in [5.41, 5.74) is 3.60. The fraction of sp³-hybridized carbons (Fsp3) is 0.417. The molecule has 0 aliphatic rings. The van der Waals surface area contributed by atoms with E-state index in [-0.39, 0.29) is 18.1 Å². The van der Waals surface area contributed by atoms with Gasteiger partial charge in [0.15, 0.2) is 0 Å². The summed E-state index contributed by atoms with van der Waals surface area (Å²) in [6.07, 6.45) is -0.0241. The van der Waals surface area contributed by atoms with Crippen molar-refractivity contribution in [2.45, 2.75) is 26.5 Å². The summed E-state index contributed by atoms with van der Waals surface area (Å²) in [4.78, 5) is 14.5. The SMILES string of the molecule is CC(C)Oc1nc(NN)nc(N(C)Cc2csc(Br)c2)n1. The smallest absolute Gasteiger partial charge is 0.323 e. The van der Waals surface area contributed by atoms with Gasteiger partial charge in [0.2, 0.25) is 11.9 Å². The molecule has 7 nitrogen and oxygen atoms in total. The third-order valence-corrected chi connectivity index (χ3v) is 4.01. The fourth-order valence-electron chi connectivity index (χ4n) is 1.62. The molecule has 2 rings (SSSR count). The first-order chi connectivity index (χ1) is 9.97. The lowest BCUT2D eigenvalue weighted by Crippen LogP contribution is -2.22. The van der Waals surface area contributed by atoms with E-state index in [1.807, 2.05) is 25.8 Å². The molecule has 0 saturated carbocycles. The van der Waals surface area contributed by atoms with Gasteiger partial charge in [-0.2, -0.15) is 15.0 Å². The van der Waals surface area contributed by atoms with E-state index in [0.717, 1.165) is 3.79 Å². The summed E-state index contributed by atoms with van der Waals surface area (Å²) in [5, 5.41) is 2.08. The second-order valence-electron chi connectivity index (χ2n) is 4.67. The van der Waals surface area contributed by atoms with E-state index in [9.17, 15) is 0 Å². The van der Waals surface area contributed by atoms with E-state index < -0.39 is 0 Å². The number of anilines is 2. The third kappa shape index (κ3) is 4.51. The van der Waals surface area contributed by atoms with E-state index >= 15 is 0 Å². The molecule has 0 amide bonds. The minimum atomic E-state index is -0.0241. The van der Waals surface area contributed by atoms with Crippen LogP contribution < -0.4 is 20.9 Å². The van der Waals surface area contributed by atoms with Crippen LogP contribution in [-0.2, 0) is 6.54 Å². The van der Waals surface area contributed by atoms with E-state index in [1.54, 1.807) is 11.3 Å².